The van der Waals surface area contributed by atoms with Crippen molar-refractivity contribution in [2.45, 2.75) is 26.3 Å². The maximum absolute atomic E-state index is 6.09. The summed E-state index contributed by atoms with van der Waals surface area (Å²) in [5.74, 6) is 0.959. The van der Waals surface area contributed by atoms with Crippen LogP contribution in [0.25, 0.3) is 17.0 Å². The number of nitrogens with one attached hydrogen (secondary N) is 1. The van der Waals surface area contributed by atoms with Crippen molar-refractivity contribution in [1.29, 1.82) is 0 Å². The molecule has 0 saturated heterocycles. The van der Waals surface area contributed by atoms with Crippen LogP contribution in [0.5, 0.6) is 0 Å². The van der Waals surface area contributed by atoms with Crippen molar-refractivity contribution in [1.82, 2.24) is 20.4 Å². The highest BCUT2D eigenvalue weighted by molar-refractivity contribution is 7.80. The Bertz CT molecular complexity index is 1090. The van der Waals surface area contributed by atoms with Crippen molar-refractivity contribution < 1.29 is 4.52 Å². The summed E-state index contributed by atoms with van der Waals surface area (Å²) in [6.07, 6.45) is 0.956. The van der Waals surface area contributed by atoms with Gasteiger partial charge in [-0.1, -0.05) is 47.4 Å². The van der Waals surface area contributed by atoms with Gasteiger partial charge in [-0.2, -0.15) is 4.98 Å². The molecule has 0 aliphatic carbocycles. The zero-order chi connectivity index (χ0) is 21.3. The van der Waals surface area contributed by atoms with E-state index in [4.69, 9.17) is 39.9 Å². The monoisotopic (exact) mass is 458 g/mol. The number of hydrogen-bond donors (Lipinski definition) is 1. The van der Waals surface area contributed by atoms with Crippen LogP contribution in [0.4, 0.5) is 0 Å². The molecule has 1 aliphatic rings. The lowest BCUT2D eigenvalue weighted by Gasteiger charge is -2.37. The Morgan fingerprint density at radius 2 is 1.70 bits per heavy atom. The van der Waals surface area contributed by atoms with Crippen LogP contribution in [0.3, 0.4) is 0 Å². The average molecular weight is 459 g/mol. The molecule has 1 unspecified atom stereocenters. The maximum atomic E-state index is 6.09. The number of hydrogen-bond acceptors (Lipinski definition) is 4. The predicted molar refractivity (Wildman–Crippen MR) is 124 cm³/mol. The maximum Gasteiger partial charge on any atom is 0.258 e. The van der Waals surface area contributed by atoms with E-state index in [1.807, 2.05) is 43.3 Å². The minimum Gasteiger partial charge on any atom is -0.351 e. The first-order chi connectivity index (χ1) is 14.5. The van der Waals surface area contributed by atoms with Gasteiger partial charge in [-0.25, -0.2) is 0 Å². The Morgan fingerprint density at radius 1 is 1.07 bits per heavy atom. The van der Waals surface area contributed by atoms with Gasteiger partial charge in [-0.05, 0) is 67.5 Å². The number of halogens is 2. The molecule has 1 N–H and O–H groups in total. The van der Waals surface area contributed by atoms with Crippen LogP contribution < -0.4 is 5.32 Å². The first-order valence-electron chi connectivity index (χ1n) is 9.62. The fourth-order valence-electron chi connectivity index (χ4n) is 3.51. The minimum atomic E-state index is -0.221. The number of thiocarbonyl (C=S) groups is 1. The highest BCUT2D eigenvalue weighted by Crippen LogP contribution is 2.37. The SMILES string of the molecule is CCCN1C(=S)NC(c2ccc(Cl)cc2)C(c2nc(-c3ccc(Cl)cc3)no2)=C1C. The molecule has 154 valence electrons. The van der Waals surface area contributed by atoms with Crippen LogP contribution in [0, 0.1) is 0 Å². The molecule has 3 aromatic rings. The van der Waals surface area contributed by atoms with Gasteiger partial charge in [0.1, 0.15) is 0 Å². The quantitative estimate of drug-likeness (QED) is 0.465. The van der Waals surface area contributed by atoms with E-state index in [1.54, 1.807) is 12.1 Å². The topological polar surface area (TPSA) is 54.2 Å². The number of rotatable bonds is 5. The van der Waals surface area contributed by atoms with Crippen LogP contribution in [0.2, 0.25) is 10.0 Å². The normalized spacial score (nSPS) is 16.7. The third-order valence-electron chi connectivity index (χ3n) is 5.01. The summed E-state index contributed by atoms with van der Waals surface area (Å²) in [6, 6.07) is 14.8. The number of nitrogens with zero attached hydrogens (tertiary/aromatic N) is 3. The van der Waals surface area contributed by atoms with E-state index < -0.39 is 0 Å². The van der Waals surface area contributed by atoms with Crippen LogP contribution in [0.15, 0.2) is 58.8 Å². The molecule has 2 heterocycles. The molecule has 0 bridgehead atoms. The van der Waals surface area contributed by atoms with Crippen molar-refractivity contribution in [3.63, 3.8) is 0 Å². The Balaban J connectivity index is 1.80. The average Bonchev–Trinajstić information content (AvgIpc) is 3.21. The largest absolute Gasteiger partial charge is 0.351 e. The van der Waals surface area contributed by atoms with Crippen LogP contribution in [-0.4, -0.2) is 26.7 Å². The van der Waals surface area contributed by atoms with E-state index in [2.05, 4.69) is 27.3 Å². The molecule has 0 saturated carbocycles. The first kappa shape index (κ1) is 20.8. The van der Waals surface area contributed by atoms with Gasteiger partial charge in [0.05, 0.1) is 11.6 Å². The summed E-state index contributed by atoms with van der Waals surface area (Å²) in [5, 5.41) is 9.64. The van der Waals surface area contributed by atoms with Gasteiger partial charge < -0.3 is 14.7 Å². The number of benzene rings is 2. The lowest BCUT2D eigenvalue weighted by Crippen LogP contribution is -2.46. The van der Waals surface area contributed by atoms with Gasteiger partial charge >= 0.3 is 0 Å². The number of aromatic nitrogens is 2. The molecular weight excluding hydrogens is 439 g/mol. The van der Waals surface area contributed by atoms with Crippen molar-refractivity contribution in [3.05, 3.63) is 75.7 Å². The second kappa shape index (κ2) is 8.76. The van der Waals surface area contributed by atoms with E-state index >= 15 is 0 Å². The lowest BCUT2D eigenvalue weighted by molar-refractivity contribution is 0.396. The Kier molecular flexibility index (Phi) is 6.09. The Morgan fingerprint density at radius 3 is 2.33 bits per heavy atom. The van der Waals surface area contributed by atoms with Crippen LogP contribution in [-0.2, 0) is 0 Å². The van der Waals surface area contributed by atoms with Crippen molar-refractivity contribution in [2.24, 2.45) is 0 Å². The van der Waals surface area contributed by atoms with Crippen LogP contribution in [0.1, 0.15) is 37.8 Å². The molecule has 2 aromatic carbocycles. The molecule has 4 rings (SSSR count). The van der Waals surface area contributed by atoms with E-state index in [-0.39, 0.29) is 6.04 Å². The van der Waals surface area contributed by atoms with Crippen LogP contribution >= 0.6 is 35.4 Å². The van der Waals surface area contributed by atoms with Gasteiger partial charge in [-0.15, -0.1) is 0 Å². The third-order valence-corrected chi connectivity index (χ3v) is 5.85. The zero-order valence-corrected chi connectivity index (χ0v) is 18.9. The summed E-state index contributed by atoms with van der Waals surface area (Å²) in [5.41, 5.74) is 3.73. The number of allylic oxidation sites excluding steroid dienone is 1. The standard InChI is InChI=1S/C22H20Cl2N4OS/c1-3-12-28-13(2)18(19(25-22(28)30)14-4-8-16(23)9-5-14)21-26-20(27-29-21)15-6-10-17(24)11-7-15/h4-11,19H,3,12H2,1-2H3,(H,25,30). The summed E-state index contributed by atoms with van der Waals surface area (Å²) in [7, 11) is 0. The highest BCUT2D eigenvalue weighted by Gasteiger charge is 2.33. The smallest absolute Gasteiger partial charge is 0.258 e. The predicted octanol–water partition coefficient (Wildman–Crippen LogP) is 6.12. The summed E-state index contributed by atoms with van der Waals surface area (Å²) in [4.78, 5) is 6.76. The lowest BCUT2D eigenvalue weighted by atomic mass is 9.95. The fourth-order valence-corrected chi connectivity index (χ4v) is 4.10. The van der Waals surface area contributed by atoms with Crippen molar-refractivity contribution in [3.8, 4) is 11.4 Å². The van der Waals surface area contributed by atoms with Crippen molar-refractivity contribution in [2.75, 3.05) is 6.54 Å². The second-order valence-electron chi connectivity index (χ2n) is 7.01. The Labute approximate surface area is 190 Å². The molecule has 0 spiro atoms. The molecule has 1 aromatic heterocycles. The Hall–Kier alpha value is -2.41. The molecule has 1 atom stereocenters. The van der Waals surface area contributed by atoms with E-state index in [0.717, 1.165) is 35.4 Å². The molecular formula is C22H20Cl2N4OS. The van der Waals surface area contributed by atoms with Crippen molar-refractivity contribution >= 4 is 46.1 Å². The van der Waals surface area contributed by atoms with Gasteiger partial charge in [0, 0.05) is 27.9 Å². The second-order valence-corrected chi connectivity index (χ2v) is 8.27. The van der Waals surface area contributed by atoms with E-state index in [9.17, 15) is 0 Å². The molecule has 0 amide bonds. The summed E-state index contributed by atoms with van der Waals surface area (Å²) >= 11 is 17.7. The summed E-state index contributed by atoms with van der Waals surface area (Å²) < 4.78 is 5.71. The third kappa shape index (κ3) is 4.08. The van der Waals surface area contributed by atoms with E-state index in [1.165, 1.54) is 0 Å². The molecule has 0 fully saturated rings. The first-order valence-corrected chi connectivity index (χ1v) is 10.8. The highest BCUT2D eigenvalue weighted by atomic mass is 35.5. The van der Waals surface area contributed by atoms with Gasteiger partial charge in [0.2, 0.25) is 5.82 Å². The molecule has 1 aliphatic heterocycles. The van der Waals surface area contributed by atoms with E-state index in [0.29, 0.717) is 26.9 Å². The summed E-state index contributed by atoms with van der Waals surface area (Å²) in [6.45, 7) is 4.95. The molecule has 8 heteroatoms. The van der Waals surface area contributed by atoms with Gasteiger partial charge in [-0.3, -0.25) is 0 Å². The van der Waals surface area contributed by atoms with Gasteiger partial charge in [0.25, 0.3) is 5.89 Å². The fraction of sp³-hybridized carbons (Fsp3) is 0.227. The molecule has 5 nitrogen and oxygen atoms in total. The minimum absolute atomic E-state index is 0.221. The van der Waals surface area contributed by atoms with Gasteiger partial charge in [0.15, 0.2) is 5.11 Å². The molecule has 30 heavy (non-hydrogen) atoms. The zero-order valence-electron chi connectivity index (χ0n) is 16.5. The molecule has 0 radical (unpaired) electrons.